The summed E-state index contributed by atoms with van der Waals surface area (Å²) >= 11 is 0. The van der Waals surface area contributed by atoms with Crippen molar-refractivity contribution in [3.63, 3.8) is 0 Å². The molecule has 7 nitrogen and oxygen atoms in total. The van der Waals surface area contributed by atoms with E-state index in [1.165, 1.54) is 21.3 Å². The molecular weight excluding hydrogens is 328 g/mol. The van der Waals surface area contributed by atoms with E-state index in [4.69, 9.17) is 0 Å². The molecule has 0 aliphatic carbocycles. The van der Waals surface area contributed by atoms with Gasteiger partial charge in [-0.15, -0.1) is 0 Å². The predicted octanol–water partition coefficient (Wildman–Crippen LogP) is 0.793. The van der Waals surface area contributed by atoms with Crippen LogP contribution >= 0.6 is 0 Å². The first-order valence-electron chi connectivity index (χ1n) is 7.45. The van der Waals surface area contributed by atoms with Gasteiger partial charge < -0.3 is 0 Å². The van der Waals surface area contributed by atoms with Crippen LogP contribution in [0.5, 0.6) is 0 Å². The van der Waals surface area contributed by atoms with E-state index in [1.54, 1.807) is 26.4 Å². The Morgan fingerprint density at radius 3 is 2.54 bits per heavy atom. The number of nitrogens with zero attached hydrogens (tertiary/aromatic N) is 3. The highest BCUT2D eigenvalue weighted by molar-refractivity contribution is 7.89. The molecule has 2 heterocycles. The van der Waals surface area contributed by atoms with Crippen LogP contribution in [0.1, 0.15) is 5.69 Å². The number of benzene rings is 1. The summed E-state index contributed by atoms with van der Waals surface area (Å²) in [6, 6.07) is 10.2. The molecule has 0 atom stereocenters. The molecule has 0 aliphatic heterocycles. The number of aryl methyl sites for hydroxylation is 2. The number of fused-ring (bicyclic) bond motifs is 1. The van der Waals surface area contributed by atoms with E-state index >= 15 is 0 Å². The van der Waals surface area contributed by atoms with Gasteiger partial charge in [0, 0.05) is 39.0 Å². The Morgan fingerprint density at radius 1 is 1.08 bits per heavy atom. The number of sulfonamides is 1. The Balaban J connectivity index is 1.83. The minimum atomic E-state index is -3.64. The molecule has 0 aliphatic rings. The standard InChI is InChI=1S/C16H18N4O3S/c1-19-14-7-6-13(11-15(14)20(2)16(19)21)24(22,23)18-10-8-12-5-3-4-9-17-12/h3-7,9,11,18H,8,10H2,1-2H3. The Labute approximate surface area is 139 Å². The van der Waals surface area contributed by atoms with Crippen LogP contribution in [-0.4, -0.2) is 29.1 Å². The van der Waals surface area contributed by atoms with Gasteiger partial charge in [0.1, 0.15) is 0 Å². The normalized spacial score (nSPS) is 11.9. The average molecular weight is 346 g/mol. The fourth-order valence-electron chi connectivity index (χ4n) is 2.60. The lowest BCUT2D eigenvalue weighted by atomic mass is 10.3. The Morgan fingerprint density at radius 2 is 1.83 bits per heavy atom. The third-order valence-corrected chi connectivity index (χ3v) is 5.41. The Bertz CT molecular complexity index is 1040. The smallest absolute Gasteiger partial charge is 0.295 e. The molecule has 2 aromatic heterocycles. The molecule has 0 amide bonds. The summed E-state index contributed by atoms with van der Waals surface area (Å²) in [5.41, 5.74) is 1.90. The molecule has 1 N–H and O–H groups in total. The van der Waals surface area contributed by atoms with E-state index in [1.807, 2.05) is 18.2 Å². The van der Waals surface area contributed by atoms with Gasteiger partial charge in [0.05, 0.1) is 15.9 Å². The van der Waals surface area contributed by atoms with Crippen molar-refractivity contribution in [3.05, 3.63) is 58.8 Å². The Kier molecular flexibility index (Phi) is 4.25. The maximum Gasteiger partial charge on any atom is 0.328 e. The van der Waals surface area contributed by atoms with Gasteiger partial charge in [-0.25, -0.2) is 17.9 Å². The first-order chi connectivity index (χ1) is 11.4. The number of hydrogen-bond donors (Lipinski definition) is 1. The number of imidazole rings is 1. The minimum absolute atomic E-state index is 0.136. The first-order valence-corrected chi connectivity index (χ1v) is 8.93. The first kappa shape index (κ1) is 16.4. The van der Waals surface area contributed by atoms with Crippen molar-refractivity contribution in [1.82, 2.24) is 18.8 Å². The molecular formula is C16H18N4O3S. The minimum Gasteiger partial charge on any atom is -0.295 e. The fraction of sp³-hybridized carbons (Fsp3) is 0.250. The van der Waals surface area contributed by atoms with Crippen molar-refractivity contribution < 1.29 is 8.42 Å². The van der Waals surface area contributed by atoms with Crippen molar-refractivity contribution in [2.45, 2.75) is 11.3 Å². The summed E-state index contributed by atoms with van der Waals surface area (Å²) in [6.45, 7) is 0.255. The van der Waals surface area contributed by atoms with E-state index < -0.39 is 10.0 Å². The molecule has 0 unspecified atom stereocenters. The van der Waals surface area contributed by atoms with Crippen LogP contribution in [0.2, 0.25) is 0 Å². The van der Waals surface area contributed by atoms with Gasteiger partial charge in [-0.3, -0.25) is 14.1 Å². The third kappa shape index (κ3) is 2.98. The maximum absolute atomic E-state index is 12.4. The van der Waals surface area contributed by atoms with Gasteiger partial charge in [0.2, 0.25) is 10.0 Å². The van der Waals surface area contributed by atoms with E-state index in [9.17, 15) is 13.2 Å². The highest BCUT2D eigenvalue weighted by Gasteiger charge is 2.16. The molecule has 24 heavy (non-hydrogen) atoms. The zero-order chi connectivity index (χ0) is 17.3. The van der Waals surface area contributed by atoms with Crippen molar-refractivity contribution in [1.29, 1.82) is 0 Å². The molecule has 1 aromatic carbocycles. The fourth-order valence-corrected chi connectivity index (χ4v) is 3.65. The summed E-state index contributed by atoms with van der Waals surface area (Å²) < 4.78 is 30.4. The monoisotopic (exact) mass is 346 g/mol. The second-order valence-electron chi connectivity index (χ2n) is 5.52. The lowest BCUT2D eigenvalue weighted by Crippen LogP contribution is -2.26. The van der Waals surface area contributed by atoms with Crippen LogP contribution in [0.15, 0.2) is 52.3 Å². The molecule has 0 bridgehead atoms. The van der Waals surface area contributed by atoms with Gasteiger partial charge in [-0.1, -0.05) is 6.07 Å². The molecule has 0 saturated heterocycles. The zero-order valence-electron chi connectivity index (χ0n) is 13.4. The molecule has 0 radical (unpaired) electrons. The summed E-state index contributed by atoms with van der Waals surface area (Å²) in [6.07, 6.45) is 2.18. The Hall–Kier alpha value is -2.45. The lowest BCUT2D eigenvalue weighted by Gasteiger charge is -2.07. The van der Waals surface area contributed by atoms with Gasteiger partial charge in [0.25, 0.3) is 0 Å². The highest BCUT2D eigenvalue weighted by Crippen LogP contribution is 2.17. The van der Waals surface area contributed by atoms with Crippen LogP contribution in [0, 0.1) is 0 Å². The predicted molar refractivity (Wildman–Crippen MR) is 91.3 cm³/mol. The lowest BCUT2D eigenvalue weighted by molar-refractivity contribution is 0.581. The van der Waals surface area contributed by atoms with Gasteiger partial charge in [-0.05, 0) is 30.3 Å². The van der Waals surface area contributed by atoms with E-state index in [0.29, 0.717) is 17.5 Å². The van der Waals surface area contributed by atoms with Crippen LogP contribution in [0.4, 0.5) is 0 Å². The van der Waals surface area contributed by atoms with Crippen molar-refractivity contribution in [3.8, 4) is 0 Å². The molecule has 0 spiro atoms. The number of nitrogens with one attached hydrogen (secondary N) is 1. The summed E-state index contributed by atoms with van der Waals surface area (Å²) in [7, 11) is -0.367. The van der Waals surface area contributed by atoms with E-state index in [0.717, 1.165) is 5.69 Å². The highest BCUT2D eigenvalue weighted by atomic mass is 32.2. The summed E-state index contributed by atoms with van der Waals surface area (Å²) in [5, 5.41) is 0. The van der Waals surface area contributed by atoms with Crippen LogP contribution in [0.3, 0.4) is 0 Å². The zero-order valence-corrected chi connectivity index (χ0v) is 14.2. The average Bonchev–Trinajstić information content (AvgIpc) is 2.80. The second-order valence-corrected chi connectivity index (χ2v) is 7.29. The van der Waals surface area contributed by atoms with E-state index in [2.05, 4.69) is 9.71 Å². The molecule has 3 rings (SSSR count). The number of aromatic nitrogens is 3. The molecule has 126 valence electrons. The van der Waals surface area contributed by atoms with E-state index in [-0.39, 0.29) is 17.1 Å². The number of pyridine rings is 1. The quantitative estimate of drug-likeness (QED) is 0.740. The van der Waals surface area contributed by atoms with Gasteiger partial charge >= 0.3 is 5.69 Å². The van der Waals surface area contributed by atoms with Gasteiger partial charge in [0.15, 0.2) is 0 Å². The number of rotatable bonds is 5. The summed E-state index contributed by atoms with van der Waals surface area (Å²) in [5.74, 6) is 0. The molecule has 8 heteroatoms. The maximum atomic E-state index is 12.4. The molecule has 3 aromatic rings. The van der Waals surface area contributed by atoms with Crippen LogP contribution < -0.4 is 10.4 Å². The van der Waals surface area contributed by atoms with Gasteiger partial charge in [-0.2, -0.15) is 0 Å². The van der Waals surface area contributed by atoms with Crippen molar-refractivity contribution in [2.24, 2.45) is 14.1 Å². The summed E-state index contributed by atoms with van der Waals surface area (Å²) in [4.78, 5) is 16.2. The van der Waals surface area contributed by atoms with Crippen LogP contribution in [0.25, 0.3) is 11.0 Å². The molecule has 0 saturated carbocycles. The third-order valence-electron chi connectivity index (χ3n) is 3.95. The molecule has 0 fully saturated rings. The SMILES string of the molecule is Cn1c(=O)n(C)c2cc(S(=O)(=O)NCCc3ccccn3)ccc21. The van der Waals surface area contributed by atoms with Crippen molar-refractivity contribution >= 4 is 21.1 Å². The topological polar surface area (TPSA) is 86.0 Å². The van der Waals surface area contributed by atoms with Crippen LogP contribution in [-0.2, 0) is 30.5 Å². The number of hydrogen-bond acceptors (Lipinski definition) is 4. The van der Waals surface area contributed by atoms with Crippen molar-refractivity contribution in [2.75, 3.05) is 6.54 Å². The second kappa shape index (κ2) is 6.21. The largest absolute Gasteiger partial charge is 0.328 e.